The highest BCUT2D eigenvalue weighted by atomic mass is 17.2. The van der Waals surface area contributed by atoms with Gasteiger partial charge in [0.1, 0.15) is 12.3 Å². The van der Waals surface area contributed by atoms with Crippen molar-refractivity contribution in [1.29, 1.82) is 0 Å². The quantitative estimate of drug-likeness (QED) is 0.312. The lowest BCUT2D eigenvalue weighted by molar-refractivity contribution is -0.194. The molecule has 4 heterocycles. The third-order valence-corrected chi connectivity index (χ3v) is 6.93. The Morgan fingerprint density at radius 2 is 1.65 bits per heavy atom. The predicted octanol–water partition coefficient (Wildman–Crippen LogP) is 6.07. The van der Waals surface area contributed by atoms with Gasteiger partial charge in [0, 0.05) is 23.2 Å². The van der Waals surface area contributed by atoms with E-state index < -0.39 is 0 Å². The molecule has 5 aromatic rings. The summed E-state index contributed by atoms with van der Waals surface area (Å²) in [6.07, 6.45) is 0. The molecule has 0 saturated heterocycles. The summed E-state index contributed by atoms with van der Waals surface area (Å²) < 4.78 is 4.37. The lowest BCUT2D eigenvalue weighted by Crippen LogP contribution is -2.07. The van der Waals surface area contributed by atoms with Gasteiger partial charge in [-0.3, -0.25) is 0 Å². The topological polar surface area (TPSA) is 53.6 Å². The maximum atomic E-state index is 5.21. The van der Waals surface area contributed by atoms with E-state index in [0.717, 1.165) is 51.5 Å². The summed E-state index contributed by atoms with van der Waals surface area (Å²) in [4.78, 5) is 15.4. The lowest BCUT2D eigenvalue weighted by atomic mass is 9.94. The largest absolute Gasteiger partial charge is 0.337 e. The van der Waals surface area contributed by atoms with Crippen LogP contribution in [0.15, 0.2) is 36.4 Å². The van der Waals surface area contributed by atoms with Crippen LogP contribution in [0.5, 0.6) is 5.75 Å². The molecule has 0 amide bonds. The Balaban J connectivity index is 1.60. The Kier molecular flexibility index (Phi) is 4.58. The van der Waals surface area contributed by atoms with Gasteiger partial charge in [0.05, 0.1) is 17.0 Å². The molecule has 0 unspecified atom stereocenters. The molecule has 1 aliphatic heterocycles. The summed E-state index contributed by atoms with van der Waals surface area (Å²) in [5.74, 6) is 0.802. The van der Waals surface area contributed by atoms with Crippen molar-refractivity contribution < 1.29 is 9.78 Å². The highest BCUT2D eigenvalue weighted by Crippen LogP contribution is 2.36. The van der Waals surface area contributed by atoms with Gasteiger partial charge < -0.3 is 9.45 Å². The number of hydrogen-bond acceptors (Lipinski definition) is 4. The zero-order valence-corrected chi connectivity index (χ0v) is 20.5. The standard InChI is InChI=1S/C28H28N4O2/c1-15-9-16(2)25(17(3)10-15)26-20(6)30-32-27(26)29-19(5)23-11-18(4)31(28(23)32)13-21-7-8-24-22(12-21)14-33-34-24/h7-12H,13-14H2,1-6H3. The van der Waals surface area contributed by atoms with E-state index in [9.17, 15) is 0 Å². The Bertz CT molecular complexity index is 1600. The van der Waals surface area contributed by atoms with Crippen molar-refractivity contribution in [3.8, 4) is 16.9 Å². The summed E-state index contributed by atoms with van der Waals surface area (Å²) in [5, 5.41) is 6.16. The van der Waals surface area contributed by atoms with E-state index in [-0.39, 0.29) is 0 Å². The third-order valence-electron chi connectivity index (χ3n) is 6.93. The Labute approximate surface area is 198 Å². The molecule has 0 fully saturated rings. The molecule has 172 valence electrons. The lowest BCUT2D eigenvalue weighted by Gasteiger charge is -2.12. The molecule has 2 aromatic carbocycles. The number of aryl methyl sites for hydroxylation is 6. The van der Waals surface area contributed by atoms with E-state index in [1.165, 1.54) is 33.5 Å². The molecule has 0 spiro atoms. The van der Waals surface area contributed by atoms with Crippen molar-refractivity contribution in [2.45, 2.75) is 54.7 Å². The van der Waals surface area contributed by atoms with Crippen molar-refractivity contribution in [2.75, 3.05) is 0 Å². The van der Waals surface area contributed by atoms with Crippen molar-refractivity contribution >= 4 is 16.7 Å². The molecule has 0 N–H and O–H groups in total. The van der Waals surface area contributed by atoms with Crippen LogP contribution in [0.1, 0.15) is 44.9 Å². The van der Waals surface area contributed by atoms with Crippen LogP contribution < -0.4 is 4.89 Å². The number of benzene rings is 2. The van der Waals surface area contributed by atoms with E-state index in [2.05, 4.69) is 76.4 Å². The van der Waals surface area contributed by atoms with Gasteiger partial charge >= 0.3 is 0 Å². The van der Waals surface area contributed by atoms with Crippen LogP contribution in [-0.2, 0) is 18.0 Å². The summed E-state index contributed by atoms with van der Waals surface area (Å²) in [5.41, 5.74) is 13.6. The first-order valence-corrected chi connectivity index (χ1v) is 11.7. The van der Waals surface area contributed by atoms with Gasteiger partial charge in [-0.1, -0.05) is 23.8 Å². The first-order chi connectivity index (χ1) is 16.3. The van der Waals surface area contributed by atoms with E-state index >= 15 is 0 Å². The maximum Gasteiger partial charge on any atom is 0.171 e. The summed E-state index contributed by atoms with van der Waals surface area (Å²) in [6, 6.07) is 13.0. The second-order valence-electron chi connectivity index (χ2n) is 9.56. The molecular formula is C28H28N4O2. The van der Waals surface area contributed by atoms with Gasteiger partial charge in [-0.05, 0) is 82.0 Å². The third kappa shape index (κ3) is 3.06. The first kappa shape index (κ1) is 20.9. The molecule has 6 rings (SSSR count). The van der Waals surface area contributed by atoms with E-state index in [1.807, 2.05) is 10.6 Å². The molecule has 3 aromatic heterocycles. The average molecular weight is 453 g/mol. The smallest absolute Gasteiger partial charge is 0.171 e. The van der Waals surface area contributed by atoms with Gasteiger partial charge in [-0.25, -0.2) is 4.98 Å². The molecule has 1 aliphatic rings. The molecule has 0 saturated carbocycles. The Hall–Kier alpha value is -3.64. The average Bonchev–Trinajstić information content (AvgIpc) is 3.45. The minimum absolute atomic E-state index is 0.485. The van der Waals surface area contributed by atoms with E-state index in [4.69, 9.17) is 19.9 Å². The molecule has 34 heavy (non-hydrogen) atoms. The molecule has 0 atom stereocenters. The first-order valence-electron chi connectivity index (χ1n) is 11.7. The molecule has 0 bridgehead atoms. The molecular weight excluding hydrogens is 424 g/mol. The number of fused-ring (bicyclic) bond motifs is 4. The van der Waals surface area contributed by atoms with E-state index in [1.54, 1.807) is 0 Å². The number of hydrogen-bond donors (Lipinski definition) is 0. The van der Waals surface area contributed by atoms with Crippen LogP contribution in [0.25, 0.3) is 27.8 Å². The van der Waals surface area contributed by atoms with Crippen molar-refractivity contribution in [1.82, 2.24) is 19.2 Å². The fourth-order valence-electron chi connectivity index (χ4n) is 5.47. The number of rotatable bonds is 3. The normalized spacial score (nSPS) is 13.1. The Morgan fingerprint density at radius 3 is 2.41 bits per heavy atom. The maximum absolute atomic E-state index is 5.21. The molecule has 6 heteroatoms. The predicted molar refractivity (Wildman–Crippen MR) is 133 cm³/mol. The van der Waals surface area contributed by atoms with Gasteiger partial charge in [0.2, 0.25) is 0 Å². The molecule has 6 nitrogen and oxygen atoms in total. The fraction of sp³-hybridized carbons (Fsp3) is 0.286. The van der Waals surface area contributed by atoms with Gasteiger partial charge in [-0.2, -0.15) is 14.5 Å². The van der Waals surface area contributed by atoms with Gasteiger partial charge in [0.25, 0.3) is 0 Å². The Morgan fingerprint density at radius 1 is 0.882 bits per heavy atom. The highest BCUT2D eigenvalue weighted by molar-refractivity contribution is 5.90. The van der Waals surface area contributed by atoms with Crippen LogP contribution in [0.2, 0.25) is 0 Å². The van der Waals surface area contributed by atoms with Crippen LogP contribution in [0.4, 0.5) is 0 Å². The minimum atomic E-state index is 0.485. The van der Waals surface area contributed by atoms with E-state index in [0.29, 0.717) is 6.61 Å². The second-order valence-corrected chi connectivity index (χ2v) is 9.56. The highest BCUT2D eigenvalue weighted by Gasteiger charge is 2.22. The zero-order valence-electron chi connectivity index (χ0n) is 20.5. The molecule has 0 aliphatic carbocycles. The van der Waals surface area contributed by atoms with Crippen LogP contribution >= 0.6 is 0 Å². The van der Waals surface area contributed by atoms with Crippen LogP contribution in [-0.4, -0.2) is 19.2 Å². The summed E-state index contributed by atoms with van der Waals surface area (Å²) in [6.45, 7) is 14.1. The van der Waals surface area contributed by atoms with Crippen molar-refractivity contribution in [3.63, 3.8) is 0 Å². The second kappa shape index (κ2) is 7.43. The zero-order chi connectivity index (χ0) is 23.7. The van der Waals surface area contributed by atoms with Gasteiger partial charge in [-0.15, -0.1) is 0 Å². The summed E-state index contributed by atoms with van der Waals surface area (Å²) in [7, 11) is 0. The minimum Gasteiger partial charge on any atom is -0.337 e. The van der Waals surface area contributed by atoms with Gasteiger partial charge in [0.15, 0.2) is 11.4 Å². The van der Waals surface area contributed by atoms with Crippen LogP contribution in [0, 0.1) is 41.5 Å². The number of nitrogens with zero attached hydrogens (tertiary/aromatic N) is 4. The summed E-state index contributed by atoms with van der Waals surface area (Å²) >= 11 is 0. The SMILES string of the molecule is Cc1cc(C)c(-c2c(C)nn3c2nc(C)c2cc(C)n(Cc4ccc5c(c4)COO5)c23)c(C)c1. The fourth-order valence-corrected chi connectivity index (χ4v) is 5.47. The number of aromatic nitrogens is 4. The molecule has 0 radical (unpaired) electrons. The monoisotopic (exact) mass is 452 g/mol. The van der Waals surface area contributed by atoms with Crippen LogP contribution in [0.3, 0.4) is 0 Å². The van der Waals surface area contributed by atoms with Crippen molar-refractivity contribution in [3.05, 3.63) is 81.3 Å². The van der Waals surface area contributed by atoms with Crippen molar-refractivity contribution in [2.24, 2.45) is 0 Å².